The Morgan fingerprint density at radius 1 is 1.50 bits per heavy atom. The molecule has 1 rings (SSSR count). The first kappa shape index (κ1) is 11.6. The normalized spacial score (nSPS) is 10.2. The van der Waals surface area contributed by atoms with E-state index < -0.39 is 0 Å². The molecule has 1 aromatic carbocycles. The van der Waals surface area contributed by atoms with Crippen molar-refractivity contribution in [2.24, 2.45) is 0 Å². The quantitative estimate of drug-likeness (QED) is 0.655. The number of anilines is 2. The van der Waals surface area contributed by atoms with Crippen LogP contribution in [0.4, 0.5) is 11.4 Å². The van der Waals surface area contributed by atoms with Crippen LogP contribution in [0, 0.1) is 3.57 Å². The van der Waals surface area contributed by atoms with Crippen LogP contribution in [0.2, 0.25) is 0 Å². The van der Waals surface area contributed by atoms with Crippen LogP contribution < -0.4 is 16.0 Å². The number of hydrogen-bond donors (Lipinski definition) is 2. The van der Waals surface area contributed by atoms with Gasteiger partial charge in [-0.15, -0.1) is 0 Å². The third-order valence-corrected chi connectivity index (χ3v) is 2.94. The van der Waals surface area contributed by atoms with Gasteiger partial charge in [0.1, 0.15) is 0 Å². The number of rotatable bonds is 4. The number of halogens is 1. The molecule has 0 aliphatic rings. The molecule has 4 heteroatoms. The number of likely N-dealkylation sites (N-methyl/N-ethyl adjacent to an activating group) is 2. The predicted octanol–water partition coefficient (Wildman–Crippen LogP) is 1.53. The van der Waals surface area contributed by atoms with E-state index in [1.807, 2.05) is 19.2 Å². The summed E-state index contributed by atoms with van der Waals surface area (Å²) in [5.74, 6) is 0. The van der Waals surface area contributed by atoms with Crippen molar-refractivity contribution < 1.29 is 0 Å². The Labute approximate surface area is 98.8 Å². The number of nitrogens with one attached hydrogen (secondary N) is 1. The summed E-state index contributed by atoms with van der Waals surface area (Å²) in [7, 11) is 4.05. The van der Waals surface area contributed by atoms with Crippen molar-refractivity contribution >= 4 is 34.0 Å². The van der Waals surface area contributed by atoms with Crippen LogP contribution in [0.1, 0.15) is 0 Å². The molecular weight excluding hydrogens is 289 g/mol. The molecule has 0 amide bonds. The van der Waals surface area contributed by atoms with E-state index in [-0.39, 0.29) is 0 Å². The second-order valence-electron chi connectivity index (χ2n) is 3.24. The van der Waals surface area contributed by atoms with Crippen molar-refractivity contribution in [1.82, 2.24) is 5.32 Å². The molecule has 1 aromatic rings. The average molecular weight is 305 g/mol. The summed E-state index contributed by atoms with van der Waals surface area (Å²) < 4.78 is 1.20. The zero-order valence-electron chi connectivity index (χ0n) is 8.55. The first-order valence-corrected chi connectivity index (χ1v) is 5.64. The predicted molar refractivity (Wildman–Crippen MR) is 70.8 cm³/mol. The van der Waals surface area contributed by atoms with Gasteiger partial charge in [-0.3, -0.25) is 0 Å². The Morgan fingerprint density at radius 3 is 2.79 bits per heavy atom. The lowest BCUT2D eigenvalue weighted by Crippen LogP contribution is -2.27. The van der Waals surface area contributed by atoms with Crippen LogP contribution in [-0.4, -0.2) is 27.2 Å². The summed E-state index contributed by atoms with van der Waals surface area (Å²) in [5, 5.41) is 3.13. The molecule has 3 N–H and O–H groups in total. The van der Waals surface area contributed by atoms with Crippen LogP contribution in [0.3, 0.4) is 0 Å². The number of nitrogens with two attached hydrogens (primary N) is 1. The lowest BCUT2D eigenvalue weighted by atomic mass is 10.2. The van der Waals surface area contributed by atoms with Crippen LogP contribution in [0.5, 0.6) is 0 Å². The molecule has 0 bridgehead atoms. The van der Waals surface area contributed by atoms with Gasteiger partial charge in [-0.1, -0.05) is 0 Å². The maximum Gasteiger partial charge on any atom is 0.0501 e. The Bertz CT molecular complexity index is 301. The molecule has 0 radical (unpaired) electrons. The lowest BCUT2D eigenvalue weighted by Gasteiger charge is -2.20. The molecule has 0 saturated heterocycles. The molecule has 0 aromatic heterocycles. The third-order valence-electron chi connectivity index (χ3n) is 2.08. The molecular formula is C10H16IN3. The van der Waals surface area contributed by atoms with E-state index in [2.05, 4.69) is 45.9 Å². The Hall–Kier alpha value is -0.490. The number of nitrogens with zero attached hydrogens (tertiary/aromatic N) is 1. The smallest absolute Gasteiger partial charge is 0.0501 e. The van der Waals surface area contributed by atoms with Gasteiger partial charge in [0.2, 0.25) is 0 Å². The molecule has 14 heavy (non-hydrogen) atoms. The van der Waals surface area contributed by atoms with Gasteiger partial charge in [-0.05, 0) is 47.8 Å². The van der Waals surface area contributed by atoms with Gasteiger partial charge < -0.3 is 16.0 Å². The van der Waals surface area contributed by atoms with Crippen molar-refractivity contribution in [1.29, 1.82) is 0 Å². The minimum absolute atomic E-state index is 0.820. The maximum absolute atomic E-state index is 5.69. The van der Waals surface area contributed by atoms with E-state index in [0.29, 0.717) is 0 Å². The third kappa shape index (κ3) is 3.02. The second-order valence-corrected chi connectivity index (χ2v) is 4.40. The summed E-state index contributed by atoms with van der Waals surface area (Å²) in [6.07, 6.45) is 0. The molecule has 0 spiro atoms. The highest BCUT2D eigenvalue weighted by Crippen LogP contribution is 2.23. The highest BCUT2D eigenvalue weighted by molar-refractivity contribution is 14.1. The van der Waals surface area contributed by atoms with E-state index in [1.165, 1.54) is 9.26 Å². The highest BCUT2D eigenvalue weighted by Gasteiger charge is 2.04. The van der Waals surface area contributed by atoms with Crippen LogP contribution in [0.15, 0.2) is 18.2 Å². The molecule has 78 valence electrons. The van der Waals surface area contributed by atoms with E-state index in [1.54, 1.807) is 0 Å². The number of benzene rings is 1. The summed E-state index contributed by atoms with van der Waals surface area (Å²) in [6, 6.07) is 5.99. The topological polar surface area (TPSA) is 41.3 Å². The average Bonchev–Trinajstić information content (AvgIpc) is 2.14. The minimum atomic E-state index is 0.820. The van der Waals surface area contributed by atoms with E-state index in [4.69, 9.17) is 5.73 Å². The number of hydrogen-bond acceptors (Lipinski definition) is 3. The Morgan fingerprint density at radius 2 is 2.21 bits per heavy atom. The highest BCUT2D eigenvalue weighted by atomic mass is 127. The van der Waals surface area contributed by atoms with Crippen LogP contribution in [-0.2, 0) is 0 Å². The Balaban J connectivity index is 2.74. The fourth-order valence-electron chi connectivity index (χ4n) is 1.23. The molecule has 0 aliphatic heterocycles. The van der Waals surface area contributed by atoms with Crippen molar-refractivity contribution in [3.8, 4) is 0 Å². The largest absolute Gasteiger partial charge is 0.399 e. The summed E-state index contributed by atoms with van der Waals surface area (Å²) in [6.45, 7) is 1.98. The zero-order valence-corrected chi connectivity index (χ0v) is 10.7. The van der Waals surface area contributed by atoms with Gasteiger partial charge in [-0.25, -0.2) is 0 Å². The summed E-state index contributed by atoms with van der Waals surface area (Å²) in [4.78, 5) is 2.22. The number of nitrogen functional groups attached to an aromatic ring is 1. The standard InChI is InChI=1S/C10H16IN3/c1-13-5-6-14(2)10-4-3-8(12)7-9(10)11/h3-4,7,13H,5-6,12H2,1-2H3. The van der Waals surface area contributed by atoms with Crippen LogP contribution in [0.25, 0.3) is 0 Å². The molecule has 3 nitrogen and oxygen atoms in total. The minimum Gasteiger partial charge on any atom is -0.399 e. The van der Waals surface area contributed by atoms with Gasteiger partial charge in [0.15, 0.2) is 0 Å². The first-order chi connectivity index (χ1) is 6.65. The summed E-state index contributed by atoms with van der Waals surface area (Å²) >= 11 is 2.31. The molecule has 0 unspecified atom stereocenters. The zero-order chi connectivity index (χ0) is 10.6. The van der Waals surface area contributed by atoms with Crippen molar-refractivity contribution in [2.75, 3.05) is 37.8 Å². The fourth-order valence-corrected chi connectivity index (χ4v) is 2.18. The Kier molecular flexibility index (Phi) is 4.47. The molecule has 0 saturated carbocycles. The van der Waals surface area contributed by atoms with E-state index in [9.17, 15) is 0 Å². The van der Waals surface area contributed by atoms with Crippen molar-refractivity contribution in [3.05, 3.63) is 21.8 Å². The van der Waals surface area contributed by atoms with E-state index >= 15 is 0 Å². The lowest BCUT2D eigenvalue weighted by molar-refractivity contribution is 0.767. The van der Waals surface area contributed by atoms with Gasteiger partial charge in [0.05, 0.1) is 5.69 Å². The van der Waals surface area contributed by atoms with Crippen LogP contribution >= 0.6 is 22.6 Å². The van der Waals surface area contributed by atoms with E-state index in [0.717, 1.165) is 18.8 Å². The van der Waals surface area contributed by atoms with Gasteiger partial charge in [0, 0.05) is 29.4 Å². The molecule has 0 atom stereocenters. The van der Waals surface area contributed by atoms with Gasteiger partial charge in [-0.2, -0.15) is 0 Å². The molecule has 0 aliphatic carbocycles. The molecule has 0 fully saturated rings. The SMILES string of the molecule is CNCCN(C)c1ccc(N)cc1I. The second kappa shape index (κ2) is 5.41. The summed E-state index contributed by atoms with van der Waals surface area (Å²) in [5.41, 5.74) is 7.74. The van der Waals surface area contributed by atoms with Gasteiger partial charge in [0.25, 0.3) is 0 Å². The molecule has 0 heterocycles. The monoisotopic (exact) mass is 305 g/mol. The first-order valence-electron chi connectivity index (χ1n) is 4.56. The fraction of sp³-hybridized carbons (Fsp3) is 0.400. The maximum atomic E-state index is 5.69. The van der Waals surface area contributed by atoms with Crippen molar-refractivity contribution in [2.45, 2.75) is 0 Å². The van der Waals surface area contributed by atoms with Gasteiger partial charge >= 0.3 is 0 Å². The van der Waals surface area contributed by atoms with Crippen molar-refractivity contribution in [3.63, 3.8) is 0 Å².